The van der Waals surface area contributed by atoms with Crippen molar-refractivity contribution in [2.45, 2.75) is 130 Å². The Labute approximate surface area is 226 Å². The Kier molecular flexibility index (Phi) is 6.85. The van der Waals surface area contributed by atoms with Crippen LogP contribution in [0.4, 0.5) is 0 Å². The monoisotopic (exact) mass is 518 g/mol. The molecule has 5 nitrogen and oxygen atoms in total. The summed E-state index contributed by atoms with van der Waals surface area (Å²) in [6.45, 7) is 16.4. The Balaban J connectivity index is 1.53. The van der Waals surface area contributed by atoms with Crippen molar-refractivity contribution in [3.05, 3.63) is 11.6 Å². The third-order valence-electron chi connectivity index (χ3n) is 13.1. The molecule has 0 bridgehead atoms. The molecule has 11 atom stereocenters. The van der Waals surface area contributed by atoms with Gasteiger partial charge in [-0.25, -0.2) is 0 Å². The van der Waals surface area contributed by atoms with Gasteiger partial charge in [-0.2, -0.15) is 0 Å². The van der Waals surface area contributed by atoms with E-state index in [0.717, 1.165) is 44.9 Å². The van der Waals surface area contributed by atoms with Crippen LogP contribution in [0.1, 0.15) is 93.4 Å². The zero-order valence-corrected chi connectivity index (χ0v) is 25.2. The van der Waals surface area contributed by atoms with Gasteiger partial charge in [0.05, 0.1) is 36.1 Å². The molecule has 4 unspecified atom stereocenters. The Bertz CT molecular complexity index is 911. The van der Waals surface area contributed by atoms with Crippen LogP contribution < -0.4 is 0 Å². The van der Waals surface area contributed by atoms with Crippen molar-refractivity contribution >= 4 is 0 Å². The number of aliphatic hydroxyl groups is 1. The van der Waals surface area contributed by atoms with Crippen LogP contribution >= 0.6 is 0 Å². The van der Waals surface area contributed by atoms with Gasteiger partial charge in [0.25, 0.3) is 0 Å². The Morgan fingerprint density at radius 2 is 1.62 bits per heavy atom. The lowest BCUT2D eigenvalue weighted by Gasteiger charge is -2.65. The average molecular weight is 519 g/mol. The highest BCUT2D eigenvalue weighted by Gasteiger charge is 2.70. The third-order valence-corrected chi connectivity index (χ3v) is 13.1. The van der Waals surface area contributed by atoms with Gasteiger partial charge in [0.1, 0.15) is 0 Å². The summed E-state index contributed by atoms with van der Waals surface area (Å²) in [5, 5.41) is 11.0. The van der Waals surface area contributed by atoms with Crippen molar-refractivity contribution in [2.24, 2.45) is 39.4 Å². The van der Waals surface area contributed by atoms with E-state index in [0.29, 0.717) is 17.8 Å². The number of fused-ring (bicyclic) bond motifs is 5. The largest absolute Gasteiger partial charge is 0.393 e. The van der Waals surface area contributed by atoms with Gasteiger partial charge in [-0.05, 0) is 86.4 Å². The summed E-state index contributed by atoms with van der Waals surface area (Å²) in [5.41, 5.74) is 1.43. The Hall–Kier alpha value is -0.460. The molecule has 3 saturated carbocycles. The van der Waals surface area contributed by atoms with Gasteiger partial charge in [-0.15, -0.1) is 0 Å². The molecular weight excluding hydrogens is 464 g/mol. The van der Waals surface area contributed by atoms with Crippen molar-refractivity contribution in [1.82, 2.24) is 0 Å². The minimum Gasteiger partial charge on any atom is -0.393 e. The van der Waals surface area contributed by atoms with Crippen LogP contribution in [-0.2, 0) is 18.9 Å². The second-order valence-corrected chi connectivity index (χ2v) is 15.1. The second-order valence-electron chi connectivity index (χ2n) is 15.1. The van der Waals surface area contributed by atoms with Crippen LogP contribution in [0, 0.1) is 39.4 Å². The topological polar surface area (TPSA) is 57.2 Å². The summed E-state index contributed by atoms with van der Waals surface area (Å²) in [5.74, 6) is 1.13. The molecule has 5 rings (SSSR count). The van der Waals surface area contributed by atoms with Crippen molar-refractivity contribution in [2.75, 3.05) is 21.3 Å². The maximum Gasteiger partial charge on any atom is 0.0883 e. The van der Waals surface area contributed by atoms with E-state index in [1.54, 1.807) is 12.7 Å². The molecule has 1 saturated heterocycles. The molecule has 5 aliphatic rings. The van der Waals surface area contributed by atoms with Gasteiger partial charge in [-0.1, -0.05) is 46.3 Å². The van der Waals surface area contributed by atoms with Gasteiger partial charge >= 0.3 is 0 Å². The second kappa shape index (κ2) is 9.03. The molecule has 1 aliphatic heterocycles. The van der Waals surface area contributed by atoms with E-state index >= 15 is 0 Å². The van der Waals surface area contributed by atoms with Gasteiger partial charge in [0.15, 0.2) is 0 Å². The standard InChI is InChI=1S/C32H54O5/c1-28(2)24(33)14-15-30(5)19-13-16-31(6)26(21-11-12-25(37-21)29(3,4)36-10)23(35-9)18-32(31,7)20(19)17-22(34-8)27(28)30/h13,20-27,33H,11-12,14-18H2,1-10H3/t20-,21?,22+,23+,24+,25?,26?,27+,30?,31-,32+/m1/s1. The third kappa shape index (κ3) is 3.73. The lowest BCUT2D eigenvalue weighted by Crippen LogP contribution is -2.62. The maximum absolute atomic E-state index is 11.0. The van der Waals surface area contributed by atoms with Gasteiger partial charge in [-0.3, -0.25) is 0 Å². The fourth-order valence-corrected chi connectivity index (χ4v) is 10.6. The molecule has 0 radical (unpaired) electrons. The predicted molar refractivity (Wildman–Crippen MR) is 146 cm³/mol. The number of methoxy groups -OCH3 is 3. The van der Waals surface area contributed by atoms with Gasteiger partial charge < -0.3 is 24.1 Å². The smallest absolute Gasteiger partial charge is 0.0883 e. The van der Waals surface area contributed by atoms with Crippen molar-refractivity contribution in [3.63, 3.8) is 0 Å². The van der Waals surface area contributed by atoms with E-state index in [-0.39, 0.29) is 57.8 Å². The molecule has 1 N–H and O–H groups in total. The SMILES string of the molecule is CO[C@H]1C[C@@]2(C)[C@@H]3C[C@H](OC)[C@@H]4C(C)(CC[C@H](O)C4(C)C)C3=CC[C@]2(C)C1C1CCC(C(C)(C)OC)O1. The van der Waals surface area contributed by atoms with Crippen molar-refractivity contribution in [1.29, 1.82) is 0 Å². The highest BCUT2D eigenvalue weighted by Crippen LogP contribution is 2.73. The van der Waals surface area contributed by atoms with Crippen LogP contribution in [0.3, 0.4) is 0 Å². The Morgan fingerprint density at radius 3 is 2.24 bits per heavy atom. The minimum absolute atomic E-state index is 0.0504. The van der Waals surface area contributed by atoms with Gasteiger partial charge in [0, 0.05) is 33.2 Å². The lowest BCUT2D eigenvalue weighted by atomic mass is 9.40. The fourth-order valence-electron chi connectivity index (χ4n) is 10.6. The van der Waals surface area contributed by atoms with Crippen molar-refractivity contribution in [3.8, 4) is 0 Å². The Morgan fingerprint density at radius 1 is 0.946 bits per heavy atom. The highest BCUT2D eigenvalue weighted by atomic mass is 16.6. The first-order valence-corrected chi connectivity index (χ1v) is 14.9. The number of aliphatic hydroxyl groups excluding tert-OH is 1. The zero-order chi connectivity index (χ0) is 27.2. The molecule has 0 aromatic heterocycles. The normalized spacial score (nSPS) is 51.3. The zero-order valence-electron chi connectivity index (χ0n) is 25.2. The van der Waals surface area contributed by atoms with E-state index in [9.17, 15) is 5.11 Å². The molecule has 5 heteroatoms. The van der Waals surface area contributed by atoms with Crippen molar-refractivity contribution < 1.29 is 24.1 Å². The lowest BCUT2D eigenvalue weighted by molar-refractivity contribution is -0.176. The predicted octanol–water partition coefficient (Wildman–Crippen LogP) is 6.17. The molecule has 4 aliphatic carbocycles. The number of rotatable bonds is 5. The fraction of sp³-hybridized carbons (Fsp3) is 0.938. The number of hydrogen-bond donors (Lipinski definition) is 1. The van der Waals surface area contributed by atoms with Gasteiger partial charge in [0.2, 0.25) is 0 Å². The summed E-state index contributed by atoms with van der Waals surface area (Å²) in [6.07, 6.45) is 10.2. The molecule has 0 spiro atoms. The van der Waals surface area contributed by atoms with Crippen LogP contribution in [-0.4, -0.2) is 62.6 Å². The van der Waals surface area contributed by atoms with E-state index in [2.05, 4.69) is 54.5 Å². The highest BCUT2D eigenvalue weighted by molar-refractivity contribution is 5.35. The number of ether oxygens (including phenoxy) is 4. The first-order valence-electron chi connectivity index (χ1n) is 14.9. The molecule has 0 amide bonds. The van der Waals surface area contributed by atoms with Crippen LogP contribution in [0.25, 0.3) is 0 Å². The molecule has 4 fully saturated rings. The number of allylic oxidation sites excluding steroid dienone is 2. The summed E-state index contributed by atoms with van der Waals surface area (Å²) in [6, 6.07) is 0. The van der Waals surface area contributed by atoms with E-state index in [1.165, 1.54) is 0 Å². The number of hydrogen-bond acceptors (Lipinski definition) is 5. The molecule has 212 valence electrons. The molecule has 37 heavy (non-hydrogen) atoms. The van der Waals surface area contributed by atoms with E-state index < -0.39 is 0 Å². The van der Waals surface area contributed by atoms with Crippen LogP contribution in [0.2, 0.25) is 0 Å². The summed E-state index contributed by atoms with van der Waals surface area (Å²) in [7, 11) is 5.59. The quantitative estimate of drug-likeness (QED) is 0.441. The molecule has 0 aromatic carbocycles. The summed E-state index contributed by atoms with van der Waals surface area (Å²) >= 11 is 0. The first-order chi connectivity index (χ1) is 17.2. The summed E-state index contributed by atoms with van der Waals surface area (Å²) in [4.78, 5) is 0. The molecule has 0 aromatic rings. The average Bonchev–Trinajstić information content (AvgIpc) is 3.42. The summed E-state index contributed by atoms with van der Waals surface area (Å²) < 4.78 is 25.3. The molecule has 1 heterocycles. The minimum atomic E-state index is -0.281. The van der Waals surface area contributed by atoms with E-state index in [4.69, 9.17) is 18.9 Å². The molecular formula is C32H54O5. The van der Waals surface area contributed by atoms with Crippen LogP contribution in [0.5, 0.6) is 0 Å². The van der Waals surface area contributed by atoms with Crippen LogP contribution in [0.15, 0.2) is 11.6 Å². The van der Waals surface area contributed by atoms with E-state index in [1.807, 2.05) is 14.2 Å². The first kappa shape index (κ1) is 28.1. The maximum atomic E-state index is 11.0.